The summed E-state index contributed by atoms with van der Waals surface area (Å²) >= 11 is 12.6. The van der Waals surface area contributed by atoms with Crippen LogP contribution in [0.1, 0.15) is 45.7 Å². The molecule has 2 aliphatic rings. The third-order valence-corrected chi connectivity index (χ3v) is 7.14. The Bertz CT molecular complexity index is 1120. The molecule has 0 amide bonds. The molecule has 30 heavy (non-hydrogen) atoms. The average Bonchev–Trinajstić information content (AvgIpc) is 3.01. The van der Waals surface area contributed by atoms with Crippen molar-refractivity contribution in [1.29, 1.82) is 0 Å². The van der Waals surface area contributed by atoms with E-state index in [1.165, 1.54) is 33.9 Å². The van der Waals surface area contributed by atoms with E-state index in [0.717, 1.165) is 16.6 Å². The van der Waals surface area contributed by atoms with Gasteiger partial charge in [0.05, 0.1) is 5.41 Å². The van der Waals surface area contributed by atoms with Crippen LogP contribution >= 0.6 is 23.2 Å². The topological polar surface area (TPSA) is 6.25 Å². The van der Waals surface area contributed by atoms with Gasteiger partial charge in [-0.3, -0.25) is 0 Å². The number of nitrogens with zero attached hydrogens (tertiary/aromatic N) is 2. The molecule has 0 spiro atoms. The van der Waals surface area contributed by atoms with Crippen molar-refractivity contribution in [3.8, 4) is 0 Å². The largest absolute Gasteiger partial charge is 0.344 e. The fourth-order valence-corrected chi connectivity index (χ4v) is 5.37. The minimum absolute atomic E-state index is 0.0984. The first-order valence-electron chi connectivity index (χ1n) is 10.5. The van der Waals surface area contributed by atoms with Gasteiger partial charge in [0.2, 0.25) is 5.69 Å². The molecule has 4 rings (SSSR count). The molecule has 0 saturated heterocycles. The third-order valence-electron chi connectivity index (χ3n) is 6.67. The van der Waals surface area contributed by atoms with Gasteiger partial charge in [-0.25, -0.2) is 0 Å². The fourth-order valence-electron chi connectivity index (χ4n) is 5.03. The lowest BCUT2D eigenvalue weighted by Crippen LogP contribution is -2.27. The molecule has 0 atom stereocenters. The summed E-state index contributed by atoms with van der Waals surface area (Å²) in [6, 6.07) is 12.4. The van der Waals surface area contributed by atoms with Gasteiger partial charge in [0.25, 0.3) is 0 Å². The van der Waals surface area contributed by atoms with E-state index in [1.807, 2.05) is 12.1 Å². The Kier molecular flexibility index (Phi) is 5.15. The van der Waals surface area contributed by atoms with Gasteiger partial charge < -0.3 is 4.90 Å². The van der Waals surface area contributed by atoms with Crippen LogP contribution in [-0.2, 0) is 10.8 Å². The second kappa shape index (κ2) is 7.28. The van der Waals surface area contributed by atoms with Crippen LogP contribution in [0.4, 0.5) is 11.4 Å². The molecule has 0 unspecified atom stereocenters. The Hall–Kier alpha value is -2.03. The van der Waals surface area contributed by atoms with E-state index in [9.17, 15) is 0 Å². The molecule has 156 valence electrons. The third kappa shape index (κ3) is 3.13. The number of anilines is 1. The number of allylic oxidation sites excluding steroid dienone is 4. The zero-order valence-electron chi connectivity index (χ0n) is 18.6. The summed E-state index contributed by atoms with van der Waals surface area (Å²) in [6.07, 6.45) is 6.68. The van der Waals surface area contributed by atoms with Gasteiger partial charge in [0.1, 0.15) is 7.05 Å². The molecule has 4 heteroatoms. The second-order valence-electron chi connectivity index (χ2n) is 9.17. The molecule has 2 nitrogen and oxygen atoms in total. The lowest BCUT2D eigenvalue weighted by atomic mass is 9.81. The van der Waals surface area contributed by atoms with Crippen molar-refractivity contribution in [2.45, 2.75) is 45.4 Å². The van der Waals surface area contributed by atoms with Crippen LogP contribution in [0.15, 0.2) is 60.3 Å². The normalized spacial score (nSPS) is 20.4. The number of hydrogen-bond acceptors (Lipinski definition) is 1. The Morgan fingerprint density at radius 2 is 1.57 bits per heavy atom. The van der Waals surface area contributed by atoms with Gasteiger partial charge in [-0.1, -0.05) is 43.1 Å². The number of hydrogen-bond donors (Lipinski definition) is 0. The van der Waals surface area contributed by atoms with Crippen molar-refractivity contribution in [3.05, 3.63) is 81.5 Å². The van der Waals surface area contributed by atoms with Gasteiger partial charge in [-0.05, 0) is 62.7 Å². The zero-order valence-corrected chi connectivity index (χ0v) is 20.1. The van der Waals surface area contributed by atoms with E-state index in [4.69, 9.17) is 23.2 Å². The number of benzene rings is 2. The maximum atomic E-state index is 6.31. The standard InChI is InChI=1S/C26H29Cl2N2/c1-7-30-22-14-12-18(28)16-20(22)26(4,5)24(30)10-8-9-23-25(2,3)19-15-17(27)11-13-21(19)29(23)6/h8-16H,7H2,1-6H3/q+1. The predicted octanol–water partition coefficient (Wildman–Crippen LogP) is 7.26. The molecule has 0 bridgehead atoms. The molecule has 0 fully saturated rings. The highest BCUT2D eigenvalue weighted by Crippen LogP contribution is 2.48. The fraction of sp³-hybridized carbons (Fsp3) is 0.346. The highest BCUT2D eigenvalue weighted by Gasteiger charge is 2.43. The van der Waals surface area contributed by atoms with Crippen molar-refractivity contribution in [3.63, 3.8) is 0 Å². The Morgan fingerprint density at radius 3 is 2.23 bits per heavy atom. The molecule has 0 N–H and O–H groups in total. The van der Waals surface area contributed by atoms with E-state index in [0.29, 0.717) is 0 Å². The molecule has 0 aliphatic carbocycles. The first-order chi connectivity index (χ1) is 14.1. The van der Waals surface area contributed by atoms with Gasteiger partial charge in [-0.15, -0.1) is 0 Å². The van der Waals surface area contributed by atoms with E-state index in [1.54, 1.807) is 0 Å². The summed E-state index contributed by atoms with van der Waals surface area (Å²) < 4.78 is 2.27. The molecule has 0 saturated carbocycles. The van der Waals surface area contributed by atoms with E-state index in [-0.39, 0.29) is 10.8 Å². The van der Waals surface area contributed by atoms with Gasteiger partial charge in [0.15, 0.2) is 5.71 Å². The maximum Gasteiger partial charge on any atom is 0.209 e. The predicted molar refractivity (Wildman–Crippen MR) is 130 cm³/mol. The van der Waals surface area contributed by atoms with E-state index >= 15 is 0 Å². The lowest BCUT2D eigenvalue weighted by molar-refractivity contribution is -0.401. The summed E-state index contributed by atoms with van der Waals surface area (Å²) in [7, 11) is 2.13. The SMILES string of the molecule is CCN1C(=CC=CC2=[N+](C)c3ccc(Cl)cc3C2(C)C)C(C)(C)c2cc(Cl)ccc21. The van der Waals surface area contributed by atoms with Crippen LogP contribution in [-0.4, -0.2) is 23.9 Å². The number of halogens is 2. The molecule has 0 radical (unpaired) electrons. The van der Waals surface area contributed by atoms with Crippen molar-refractivity contribution in [2.75, 3.05) is 18.5 Å². The Balaban J connectivity index is 1.73. The van der Waals surface area contributed by atoms with E-state index < -0.39 is 0 Å². The average molecular weight is 440 g/mol. The molecule has 0 aromatic heterocycles. The molecule has 2 aromatic rings. The maximum absolute atomic E-state index is 6.31. The van der Waals surface area contributed by atoms with Crippen molar-refractivity contribution < 1.29 is 4.58 Å². The molecule has 2 heterocycles. The van der Waals surface area contributed by atoms with Gasteiger partial charge in [-0.2, -0.15) is 4.58 Å². The Labute approximate surface area is 190 Å². The van der Waals surface area contributed by atoms with Crippen LogP contribution < -0.4 is 4.90 Å². The molecule has 2 aromatic carbocycles. The minimum atomic E-state index is -0.101. The van der Waals surface area contributed by atoms with Crippen molar-refractivity contribution >= 4 is 40.3 Å². The number of rotatable bonds is 3. The van der Waals surface area contributed by atoms with E-state index in [2.05, 4.69) is 93.6 Å². The lowest BCUT2D eigenvalue weighted by Gasteiger charge is -2.25. The van der Waals surface area contributed by atoms with Crippen molar-refractivity contribution in [1.82, 2.24) is 0 Å². The van der Waals surface area contributed by atoms with Gasteiger partial charge in [0, 0.05) is 51.1 Å². The van der Waals surface area contributed by atoms with Crippen molar-refractivity contribution in [2.24, 2.45) is 0 Å². The summed E-state index contributed by atoms with van der Waals surface area (Å²) in [4.78, 5) is 2.39. The number of likely N-dealkylation sites (N-methyl/N-ethyl adjacent to an activating group) is 1. The van der Waals surface area contributed by atoms with Crippen LogP contribution in [0.2, 0.25) is 10.0 Å². The van der Waals surface area contributed by atoms with Crippen LogP contribution in [0.25, 0.3) is 0 Å². The minimum Gasteiger partial charge on any atom is -0.344 e. The zero-order chi connectivity index (χ0) is 21.8. The monoisotopic (exact) mass is 439 g/mol. The number of fused-ring (bicyclic) bond motifs is 2. The summed E-state index contributed by atoms with van der Waals surface area (Å²) in [6.45, 7) is 12.2. The first kappa shape index (κ1) is 21.2. The summed E-state index contributed by atoms with van der Waals surface area (Å²) in [5.74, 6) is 0. The van der Waals surface area contributed by atoms with Gasteiger partial charge >= 0.3 is 0 Å². The smallest absolute Gasteiger partial charge is 0.209 e. The second-order valence-corrected chi connectivity index (χ2v) is 10.0. The molecular formula is C26H29Cl2N2+. The molecule has 2 aliphatic heterocycles. The quantitative estimate of drug-likeness (QED) is 0.456. The van der Waals surface area contributed by atoms with Crippen LogP contribution in [0.3, 0.4) is 0 Å². The summed E-state index contributed by atoms with van der Waals surface area (Å²) in [5.41, 5.74) is 7.37. The Morgan fingerprint density at radius 1 is 0.933 bits per heavy atom. The highest BCUT2D eigenvalue weighted by molar-refractivity contribution is 6.31. The summed E-state index contributed by atoms with van der Waals surface area (Å²) in [5, 5.41) is 1.57. The van der Waals surface area contributed by atoms with Crippen LogP contribution in [0.5, 0.6) is 0 Å². The first-order valence-corrected chi connectivity index (χ1v) is 11.2. The molecular weight excluding hydrogens is 411 g/mol. The highest BCUT2D eigenvalue weighted by atomic mass is 35.5. The van der Waals surface area contributed by atoms with Crippen LogP contribution in [0, 0.1) is 0 Å².